The summed E-state index contributed by atoms with van der Waals surface area (Å²) in [6.45, 7) is -0.0533. The topological polar surface area (TPSA) is 102 Å². The average Bonchev–Trinajstić information content (AvgIpc) is 3.43. The maximum atomic E-state index is 14.0. The summed E-state index contributed by atoms with van der Waals surface area (Å²) in [5.41, 5.74) is 0.00682. The van der Waals surface area contributed by atoms with Gasteiger partial charge in [0.25, 0.3) is 11.6 Å². The van der Waals surface area contributed by atoms with Crippen LogP contribution >= 0.6 is 0 Å². The number of aromatic nitrogens is 2. The molecule has 8 nitrogen and oxygen atoms in total. The molecule has 1 saturated carbocycles. The minimum absolute atomic E-state index is 0.0533. The van der Waals surface area contributed by atoms with Gasteiger partial charge in [0, 0.05) is 29.8 Å². The number of nitro groups is 1. The average molecular weight is 400 g/mol. The van der Waals surface area contributed by atoms with Crippen LogP contribution in [-0.2, 0) is 6.54 Å². The van der Waals surface area contributed by atoms with E-state index in [9.17, 15) is 23.7 Å². The Morgan fingerprint density at radius 2 is 2.00 bits per heavy atom. The third-order valence-corrected chi connectivity index (χ3v) is 4.49. The first-order valence-corrected chi connectivity index (χ1v) is 8.75. The van der Waals surface area contributed by atoms with Crippen molar-refractivity contribution >= 4 is 11.6 Å². The minimum atomic E-state index is -0.941. The SMILES string of the molecule is O=C(c1ccc(F)cc1F)N(Cc1nnc(-c2cccc([N+](=O)[O-])c2)o1)C1CC1. The number of carbonyl (C=O) groups excluding carboxylic acids is 1. The van der Waals surface area contributed by atoms with E-state index in [0.717, 1.165) is 25.0 Å². The molecule has 0 saturated heterocycles. The highest BCUT2D eigenvalue weighted by Crippen LogP contribution is 2.31. The number of rotatable bonds is 6. The van der Waals surface area contributed by atoms with E-state index in [-0.39, 0.29) is 35.6 Å². The molecule has 0 atom stereocenters. The van der Waals surface area contributed by atoms with E-state index in [1.807, 2.05) is 0 Å². The number of benzene rings is 2. The monoisotopic (exact) mass is 400 g/mol. The van der Waals surface area contributed by atoms with Gasteiger partial charge in [0.15, 0.2) is 0 Å². The van der Waals surface area contributed by atoms with Gasteiger partial charge in [0.2, 0.25) is 11.8 Å². The van der Waals surface area contributed by atoms with Crippen LogP contribution in [0.25, 0.3) is 11.5 Å². The van der Waals surface area contributed by atoms with Crippen LogP contribution in [0.15, 0.2) is 46.9 Å². The second-order valence-electron chi connectivity index (χ2n) is 6.60. The highest BCUT2D eigenvalue weighted by atomic mass is 19.1. The van der Waals surface area contributed by atoms with Gasteiger partial charge < -0.3 is 9.32 Å². The Morgan fingerprint density at radius 3 is 2.69 bits per heavy atom. The van der Waals surface area contributed by atoms with Crippen LogP contribution in [0.4, 0.5) is 14.5 Å². The fourth-order valence-electron chi connectivity index (χ4n) is 2.90. The Labute approximate surface area is 162 Å². The predicted molar refractivity (Wildman–Crippen MR) is 95.6 cm³/mol. The smallest absolute Gasteiger partial charge is 0.270 e. The van der Waals surface area contributed by atoms with Gasteiger partial charge in [-0.05, 0) is 31.0 Å². The summed E-state index contributed by atoms with van der Waals surface area (Å²) in [6.07, 6.45) is 1.50. The van der Waals surface area contributed by atoms with Gasteiger partial charge >= 0.3 is 0 Å². The van der Waals surface area contributed by atoms with E-state index in [1.54, 1.807) is 6.07 Å². The summed E-state index contributed by atoms with van der Waals surface area (Å²) in [5, 5.41) is 18.7. The Hall–Kier alpha value is -3.69. The second kappa shape index (κ2) is 7.38. The molecule has 1 heterocycles. The molecule has 148 valence electrons. The van der Waals surface area contributed by atoms with Crippen LogP contribution in [0.5, 0.6) is 0 Å². The zero-order chi connectivity index (χ0) is 20.5. The van der Waals surface area contributed by atoms with Crippen molar-refractivity contribution in [3.05, 3.63) is 75.7 Å². The number of nitrogens with zero attached hydrogens (tertiary/aromatic N) is 4. The van der Waals surface area contributed by atoms with Gasteiger partial charge in [-0.15, -0.1) is 10.2 Å². The highest BCUT2D eigenvalue weighted by Gasteiger charge is 2.35. The number of non-ortho nitro benzene ring substituents is 1. The van der Waals surface area contributed by atoms with Crippen molar-refractivity contribution in [1.29, 1.82) is 0 Å². The zero-order valence-electron chi connectivity index (χ0n) is 14.9. The second-order valence-corrected chi connectivity index (χ2v) is 6.60. The van der Waals surface area contributed by atoms with E-state index in [1.165, 1.54) is 23.1 Å². The van der Waals surface area contributed by atoms with Crippen molar-refractivity contribution in [1.82, 2.24) is 15.1 Å². The predicted octanol–water partition coefficient (Wildman–Crippen LogP) is 3.73. The van der Waals surface area contributed by atoms with Crippen LogP contribution in [0.2, 0.25) is 0 Å². The van der Waals surface area contributed by atoms with Gasteiger partial charge in [-0.1, -0.05) is 6.07 Å². The highest BCUT2D eigenvalue weighted by molar-refractivity contribution is 5.94. The Morgan fingerprint density at radius 1 is 1.21 bits per heavy atom. The largest absolute Gasteiger partial charge is 0.419 e. The quantitative estimate of drug-likeness (QED) is 0.461. The summed E-state index contributed by atoms with van der Waals surface area (Å²) in [4.78, 5) is 24.5. The molecule has 0 unspecified atom stereocenters. The number of hydrogen-bond donors (Lipinski definition) is 0. The van der Waals surface area contributed by atoms with Gasteiger partial charge in [0.1, 0.15) is 11.6 Å². The summed E-state index contributed by atoms with van der Waals surface area (Å²) in [7, 11) is 0. The molecule has 0 aliphatic heterocycles. The number of nitro benzene ring substituents is 1. The van der Waals surface area contributed by atoms with Gasteiger partial charge in [0.05, 0.1) is 17.0 Å². The lowest BCUT2D eigenvalue weighted by molar-refractivity contribution is -0.384. The third kappa shape index (κ3) is 3.96. The van der Waals surface area contributed by atoms with Crippen molar-refractivity contribution < 1.29 is 22.9 Å². The van der Waals surface area contributed by atoms with Crippen molar-refractivity contribution in [2.45, 2.75) is 25.4 Å². The first kappa shape index (κ1) is 18.7. The number of amides is 1. The normalized spacial score (nSPS) is 13.3. The molecule has 1 aliphatic rings. The molecule has 1 amide bonds. The number of carbonyl (C=O) groups is 1. The van der Waals surface area contributed by atoms with E-state index in [4.69, 9.17) is 4.42 Å². The summed E-state index contributed by atoms with van der Waals surface area (Å²) in [6, 6.07) is 8.40. The van der Waals surface area contributed by atoms with Crippen molar-refractivity contribution in [3.8, 4) is 11.5 Å². The molecule has 1 fully saturated rings. The van der Waals surface area contributed by atoms with E-state index >= 15 is 0 Å². The van der Waals surface area contributed by atoms with E-state index < -0.39 is 22.5 Å². The molecule has 1 aromatic heterocycles. The molecule has 10 heteroatoms. The lowest BCUT2D eigenvalue weighted by Crippen LogP contribution is -2.33. The molecule has 0 radical (unpaired) electrons. The van der Waals surface area contributed by atoms with Gasteiger partial charge in [-0.2, -0.15) is 0 Å². The molecule has 0 spiro atoms. The molecule has 4 rings (SSSR count). The maximum Gasteiger partial charge on any atom is 0.270 e. The van der Waals surface area contributed by atoms with Crippen LogP contribution in [0.1, 0.15) is 29.1 Å². The van der Waals surface area contributed by atoms with Crippen LogP contribution < -0.4 is 0 Å². The Bertz CT molecular complexity index is 1100. The molecule has 3 aromatic rings. The molecule has 1 aliphatic carbocycles. The summed E-state index contributed by atoms with van der Waals surface area (Å²) in [5.74, 6) is -2.13. The van der Waals surface area contributed by atoms with Gasteiger partial charge in [-0.3, -0.25) is 14.9 Å². The molecular formula is C19H14F2N4O4. The summed E-state index contributed by atoms with van der Waals surface area (Å²) < 4.78 is 32.7. The molecule has 29 heavy (non-hydrogen) atoms. The van der Waals surface area contributed by atoms with E-state index in [0.29, 0.717) is 11.6 Å². The maximum absolute atomic E-state index is 14.0. The molecule has 0 N–H and O–H groups in total. The fourth-order valence-corrected chi connectivity index (χ4v) is 2.90. The molecular weight excluding hydrogens is 386 g/mol. The minimum Gasteiger partial charge on any atom is -0.419 e. The van der Waals surface area contributed by atoms with E-state index in [2.05, 4.69) is 10.2 Å². The fraction of sp³-hybridized carbons (Fsp3) is 0.211. The lowest BCUT2D eigenvalue weighted by Gasteiger charge is -2.20. The molecule has 0 bridgehead atoms. The standard InChI is InChI=1S/C19H14F2N4O4/c20-12-4-7-15(16(21)9-12)19(26)24(13-5-6-13)10-17-22-23-18(29-17)11-2-1-3-14(8-11)25(27)28/h1-4,7-9,13H,5-6,10H2. The third-order valence-electron chi connectivity index (χ3n) is 4.49. The lowest BCUT2D eigenvalue weighted by atomic mass is 10.1. The van der Waals surface area contributed by atoms with Crippen molar-refractivity contribution in [2.75, 3.05) is 0 Å². The van der Waals surface area contributed by atoms with Crippen molar-refractivity contribution in [2.24, 2.45) is 0 Å². The summed E-state index contributed by atoms with van der Waals surface area (Å²) >= 11 is 0. The first-order valence-electron chi connectivity index (χ1n) is 8.75. The number of hydrogen-bond acceptors (Lipinski definition) is 6. The van der Waals surface area contributed by atoms with Crippen molar-refractivity contribution in [3.63, 3.8) is 0 Å². The van der Waals surface area contributed by atoms with Crippen LogP contribution in [-0.4, -0.2) is 32.0 Å². The van der Waals surface area contributed by atoms with Crippen LogP contribution in [0, 0.1) is 21.7 Å². The zero-order valence-corrected chi connectivity index (χ0v) is 14.9. The Balaban J connectivity index is 1.56. The Kier molecular flexibility index (Phi) is 4.75. The van der Waals surface area contributed by atoms with Gasteiger partial charge in [-0.25, -0.2) is 8.78 Å². The number of halogens is 2. The van der Waals surface area contributed by atoms with Crippen LogP contribution in [0.3, 0.4) is 0 Å². The molecule has 2 aromatic carbocycles. The first-order chi connectivity index (χ1) is 13.9.